The van der Waals surface area contributed by atoms with Crippen molar-refractivity contribution in [3.05, 3.63) is 11.4 Å². The van der Waals surface area contributed by atoms with Crippen LogP contribution in [0.3, 0.4) is 0 Å². The van der Waals surface area contributed by atoms with Crippen molar-refractivity contribution in [2.45, 2.75) is 59.3 Å². The zero-order valence-corrected chi connectivity index (χ0v) is 11.8. The van der Waals surface area contributed by atoms with E-state index < -0.39 is 0 Å². The van der Waals surface area contributed by atoms with Crippen LogP contribution in [-0.4, -0.2) is 21.7 Å². The molecule has 1 saturated carbocycles. The Kier molecular flexibility index (Phi) is 4.15. The highest BCUT2D eigenvalue weighted by Crippen LogP contribution is 2.43. The van der Waals surface area contributed by atoms with E-state index in [4.69, 9.17) is 0 Å². The number of aromatic nitrogens is 3. The third-order valence-corrected chi connectivity index (χ3v) is 4.29. The molecule has 0 bridgehead atoms. The Morgan fingerprint density at radius 1 is 1.06 bits per heavy atom. The molecule has 1 aromatic heterocycles. The van der Waals surface area contributed by atoms with Crippen molar-refractivity contribution >= 4 is 5.95 Å². The van der Waals surface area contributed by atoms with Gasteiger partial charge in [0.1, 0.15) is 0 Å². The van der Waals surface area contributed by atoms with Crippen molar-refractivity contribution in [3.8, 4) is 0 Å². The van der Waals surface area contributed by atoms with Crippen LogP contribution in [0.2, 0.25) is 0 Å². The van der Waals surface area contributed by atoms with Gasteiger partial charge in [-0.2, -0.15) is 5.10 Å². The number of hydrogen-bond acceptors (Lipinski definition) is 4. The van der Waals surface area contributed by atoms with Crippen molar-refractivity contribution in [1.82, 2.24) is 15.2 Å². The molecule has 1 fully saturated rings. The topological polar surface area (TPSA) is 50.7 Å². The third-order valence-electron chi connectivity index (χ3n) is 4.29. The molecule has 2 rings (SSSR count). The predicted molar refractivity (Wildman–Crippen MR) is 73.6 cm³/mol. The van der Waals surface area contributed by atoms with Gasteiger partial charge in [0.05, 0.1) is 11.4 Å². The average Bonchev–Trinajstić information content (AvgIpc) is 2.37. The first-order valence-electron chi connectivity index (χ1n) is 7.19. The summed E-state index contributed by atoms with van der Waals surface area (Å²) in [7, 11) is 0. The van der Waals surface area contributed by atoms with Crippen molar-refractivity contribution in [3.63, 3.8) is 0 Å². The van der Waals surface area contributed by atoms with Gasteiger partial charge >= 0.3 is 0 Å². The van der Waals surface area contributed by atoms with Crippen LogP contribution in [0.5, 0.6) is 0 Å². The molecule has 0 aromatic carbocycles. The molecule has 1 aliphatic carbocycles. The second-order valence-corrected chi connectivity index (χ2v) is 5.30. The molecule has 0 radical (unpaired) electrons. The minimum absolute atomic E-state index is 0.485. The van der Waals surface area contributed by atoms with Crippen LogP contribution in [0, 0.1) is 5.41 Å². The minimum Gasteiger partial charge on any atom is -0.352 e. The first kappa shape index (κ1) is 13.2. The summed E-state index contributed by atoms with van der Waals surface area (Å²) in [6.07, 6.45) is 7.09. The van der Waals surface area contributed by atoms with E-state index in [0.717, 1.165) is 30.8 Å². The molecule has 100 valence electrons. The summed E-state index contributed by atoms with van der Waals surface area (Å²) in [5.74, 6) is 0.698. The van der Waals surface area contributed by atoms with E-state index in [1.54, 1.807) is 0 Å². The van der Waals surface area contributed by atoms with E-state index in [1.807, 2.05) is 0 Å². The number of hydrogen-bond donors (Lipinski definition) is 1. The molecule has 0 saturated heterocycles. The van der Waals surface area contributed by atoms with Crippen molar-refractivity contribution in [2.75, 3.05) is 11.9 Å². The monoisotopic (exact) mass is 248 g/mol. The SMILES string of the molecule is CCc1nnc(NCC2(CC)CCC2)nc1CC. The predicted octanol–water partition coefficient (Wildman–Crippen LogP) is 2.99. The molecule has 1 aliphatic rings. The maximum atomic E-state index is 4.57. The van der Waals surface area contributed by atoms with Crippen LogP contribution < -0.4 is 5.32 Å². The number of nitrogens with one attached hydrogen (secondary N) is 1. The van der Waals surface area contributed by atoms with E-state index in [-0.39, 0.29) is 0 Å². The van der Waals surface area contributed by atoms with Gasteiger partial charge in [-0.15, -0.1) is 5.10 Å². The van der Waals surface area contributed by atoms with Gasteiger partial charge in [-0.05, 0) is 37.5 Å². The van der Waals surface area contributed by atoms with Gasteiger partial charge in [0.2, 0.25) is 5.95 Å². The Labute approximate surface area is 110 Å². The molecule has 18 heavy (non-hydrogen) atoms. The zero-order chi connectivity index (χ0) is 13.0. The second kappa shape index (κ2) is 5.63. The highest BCUT2D eigenvalue weighted by Gasteiger charge is 2.34. The molecular formula is C14H24N4. The lowest BCUT2D eigenvalue weighted by atomic mass is 9.67. The maximum absolute atomic E-state index is 4.57. The molecule has 1 aromatic rings. The van der Waals surface area contributed by atoms with Crippen LogP contribution in [0.15, 0.2) is 0 Å². The van der Waals surface area contributed by atoms with Gasteiger partial charge in [0, 0.05) is 6.54 Å². The van der Waals surface area contributed by atoms with Gasteiger partial charge in [0.25, 0.3) is 0 Å². The van der Waals surface area contributed by atoms with Crippen molar-refractivity contribution in [1.29, 1.82) is 0 Å². The zero-order valence-electron chi connectivity index (χ0n) is 11.8. The lowest BCUT2D eigenvalue weighted by Crippen LogP contribution is -2.36. The number of nitrogens with zero attached hydrogens (tertiary/aromatic N) is 3. The molecular weight excluding hydrogens is 224 g/mol. The van der Waals surface area contributed by atoms with Crippen LogP contribution in [0.1, 0.15) is 57.8 Å². The largest absolute Gasteiger partial charge is 0.352 e. The quantitative estimate of drug-likeness (QED) is 0.841. The van der Waals surface area contributed by atoms with Crippen LogP contribution in [0.25, 0.3) is 0 Å². The normalized spacial score (nSPS) is 17.3. The van der Waals surface area contributed by atoms with Gasteiger partial charge in [-0.25, -0.2) is 4.98 Å². The van der Waals surface area contributed by atoms with Gasteiger partial charge in [-0.1, -0.05) is 27.2 Å². The Hall–Kier alpha value is -1.19. The highest BCUT2D eigenvalue weighted by molar-refractivity contribution is 5.26. The summed E-state index contributed by atoms with van der Waals surface area (Å²) < 4.78 is 0. The molecule has 1 N–H and O–H groups in total. The lowest BCUT2D eigenvalue weighted by Gasteiger charge is -2.41. The summed E-state index contributed by atoms with van der Waals surface area (Å²) in [6.45, 7) is 7.47. The van der Waals surface area contributed by atoms with Gasteiger partial charge in [-0.3, -0.25) is 0 Å². The van der Waals surface area contributed by atoms with Crippen molar-refractivity contribution in [2.24, 2.45) is 5.41 Å². The molecule has 0 spiro atoms. The number of aryl methyl sites for hydroxylation is 2. The first-order valence-corrected chi connectivity index (χ1v) is 7.19. The molecule has 4 nitrogen and oxygen atoms in total. The molecule has 0 unspecified atom stereocenters. The first-order chi connectivity index (χ1) is 8.73. The minimum atomic E-state index is 0.485. The van der Waals surface area contributed by atoms with Gasteiger partial charge in [0.15, 0.2) is 0 Å². The lowest BCUT2D eigenvalue weighted by molar-refractivity contribution is 0.144. The van der Waals surface area contributed by atoms with E-state index in [9.17, 15) is 0 Å². The standard InChI is InChI=1S/C14H24N4/c1-4-11-12(5-2)17-18-13(16-11)15-10-14(6-3)8-7-9-14/h4-10H2,1-3H3,(H,15,16,18). The number of rotatable bonds is 6. The fourth-order valence-electron chi connectivity index (χ4n) is 2.61. The summed E-state index contributed by atoms with van der Waals surface area (Å²) in [5, 5.41) is 11.8. The Morgan fingerprint density at radius 2 is 1.78 bits per heavy atom. The van der Waals surface area contributed by atoms with E-state index in [1.165, 1.54) is 25.7 Å². The van der Waals surface area contributed by atoms with Crippen LogP contribution in [0.4, 0.5) is 5.95 Å². The molecule has 4 heteroatoms. The fourth-order valence-corrected chi connectivity index (χ4v) is 2.61. The Morgan fingerprint density at radius 3 is 2.28 bits per heavy atom. The summed E-state index contributed by atoms with van der Waals surface area (Å²) in [6, 6.07) is 0. The summed E-state index contributed by atoms with van der Waals surface area (Å²) in [5.41, 5.74) is 2.59. The third kappa shape index (κ3) is 2.62. The fraction of sp³-hybridized carbons (Fsp3) is 0.786. The molecule has 0 atom stereocenters. The van der Waals surface area contributed by atoms with Crippen molar-refractivity contribution < 1.29 is 0 Å². The Bertz CT molecular complexity index is 393. The molecule has 0 amide bonds. The van der Waals surface area contributed by atoms with E-state index in [0.29, 0.717) is 11.4 Å². The van der Waals surface area contributed by atoms with Crippen LogP contribution in [-0.2, 0) is 12.8 Å². The maximum Gasteiger partial charge on any atom is 0.242 e. The summed E-state index contributed by atoms with van der Waals surface area (Å²) in [4.78, 5) is 4.57. The smallest absolute Gasteiger partial charge is 0.242 e. The van der Waals surface area contributed by atoms with Crippen LogP contribution >= 0.6 is 0 Å². The van der Waals surface area contributed by atoms with E-state index in [2.05, 4.69) is 41.3 Å². The molecule has 1 heterocycles. The Balaban J connectivity index is 2.01. The van der Waals surface area contributed by atoms with E-state index >= 15 is 0 Å². The molecule has 0 aliphatic heterocycles. The van der Waals surface area contributed by atoms with Gasteiger partial charge < -0.3 is 5.32 Å². The average molecular weight is 248 g/mol. The highest BCUT2D eigenvalue weighted by atomic mass is 15.2. The summed E-state index contributed by atoms with van der Waals surface area (Å²) >= 11 is 0. The second-order valence-electron chi connectivity index (χ2n) is 5.30. The number of anilines is 1.